The second kappa shape index (κ2) is 14.2. The molecule has 1 aliphatic carbocycles. The highest BCUT2D eigenvalue weighted by Crippen LogP contribution is 2.44. The van der Waals surface area contributed by atoms with Crippen molar-refractivity contribution in [3.05, 3.63) is 218 Å². The van der Waals surface area contributed by atoms with Crippen LogP contribution in [-0.2, 0) is 5.41 Å². The Morgan fingerprint density at radius 1 is 0.491 bits per heavy atom. The lowest BCUT2D eigenvalue weighted by molar-refractivity contribution is 0.533. The van der Waals surface area contributed by atoms with Gasteiger partial charge in [-0.3, -0.25) is 0 Å². The fourth-order valence-electron chi connectivity index (χ4n) is 8.08. The molecule has 0 aliphatic heterocycles. The summed E-state index contributed by atoms with van der Waals surface area (Å²) in [4.78, 5) is 4.72. The average Bonchev–Trinajstić information content (AvgIpc) is 3.58. The number of allylic oxidation sites excluding steroid dienone is 5. The molecule has 266 valence electrons. The molecule has 0 saturated carbocycles. The van der Waals surface area contributed by atoms with Crippen LogP contribution in [0, 0.1) is 0 Å². The fourth-order valence-corrected chi connectivity index (χ4v) is 8.08. The third-order valence-corrected chi connectivity index (χ3v) is 10.8. The van der Waals surface area contributed by atoms with E-state index in [9.17, 15) is 0 Å². The van der Waals surface area contributed by atoms with Crippen molar-refractivity contribution in [1.29, 1.82) is 0 Å². The summed E-state index contributed by atoms with van der Waals surface area (Å²) in [6.07, 6.45) is 9.56. The first-order chi connectivity index (χ1) is 27.0. The summed E-state index contributed by atoms with van der Waals surface area (Å²) in [5.74, 6) is 0. The van der Waals surface area contributed by atoms with Crippen LogP contribution in [0.15, 0.2) is 207 Å². The van der Waals surface area contributed by atoms with Gasteiger partial charge in [0.2, 0.25) is 0 Å². The van der Waals surface area contributed by atoms with Gasteiger partial charge in [-0.2, -0.15) is 0 Å². The molecular weight excluding hydrogens is 667 g/mol. The largest absolute Gasteiger partial charge is 0.311 e. The summed E-state index contributed by atoms with van der Waals surface area (Å²) >= 11 is 0. The first-order valence-electron chi connectivity index (χ1n) is 19.0. The Bertz CT molecular complexity index is 2660. The highest BCUT2D eigenvalue weighted by atomic mass is 15.2. The van der Waals surface area contributed by atoms with Crippen LogP contribution in [0.1, 0.15) is 31.4 Å². The molecule has 0 atom stereocenters. The molecule has 0 N–H and O–H groups in total. The van der Waals surface area contributed by atoms with E-state index >= 15 is 0 Å². The molecule has 0 saturated heterocycles. The Balaban J connectivity index is 1.24. The number of rotatable bonds is 7. The van der Waals surface area contributed by atoms with Crippen LogP contribution in [0.5, 0.6) is 0 Å². The van der Waals surface area contributed by atoms with Crippen LogP contribution in [0.3, 0.4) is 0 Å². The van der Waals surface area contributed by atoms with Crippen LogP contribution in [0.25, 0.3) is 33.1 Å². The number of fused-ring (bicyclic) bond motifs is 4. The summed E-state index contributed by atoms with van der Waals surface area (Å²) in [5.41, 5.74) is 13.5. The zero-order valence-corrected chi connectivity index (χ0v) is 31.3. The smallest absolute Gasteiger partial charge is 0.0542 e. The summed E-state index contributed by atoms with van der Waals surface area (Å²) < 4.78 is 2.37. The Kier molecular flexibility index (Phi) is 8.76. The molecule has 0 bridgehead atoms. The second-order valence-corrected chi connectivity index (χ2v) is 14.9. The predicted molar refractivity (Wildman–Crippen MR) is 235 cm³/mol. The minimum Gasteiger partial charge on any atom is -0.311 e. The Labute approximate surface area is 324 Å². The number of hydrogen-bond donors (Lipinski definition) is 0. The van der Waals surface area contributed by atoms with E-state index in [0.717, 1.165) is 51.8 Å². The van der Waals surface area contributed by atoms with E-state index in [1.807, 2.05) is 0 Å². The van der Waals surface area contributed by atoms with Crippen molar-refractivity contribution in [3.8, 4) is 5.69 Å². The fraction of sp³-hybridized carbons (Fsp3) is 0.0769. The monoisotopic (exact) mass is 709 g/mol. The topological polar surface area (TPSA) is 11.4 Å². The van der Waals surface area contributed by atoms with Gasteiger partial charge in [0.1, 0.15) is 0 Å². The molecule has 0 spiro atoms. The highest BCUT2D eigenvalue weighted by Gasteiger charge is 2.26. The first-order valence-corrected chi connectivity index (χ1v) is 19.0. The predicted octanol–water partition coefficient (Wildman–Crippen LogP) is 14.5. The second-order valence-electron chi connectivity index (χ2n) is 14.9. The van der Waals surface area contributed by atoms with E-state index in [2.05, 4.69) is 235 Å². The van der Waals surface area contributed by atoms with Crippen LogP contribution in [0.2, 0.25) is 0 Å². The molecule has 1 heterocycles. The standard InChI is InChI=1S/C52H43N3/c1-38-18-8-7-17-35-52(2,3)49-37-45(31-33-46(38)49)54(43-29-27-42(28-30-43)53(39-19-9-4-10-20-39)40-21-11-5-12-22-40)44-32-34-51-48(36-44)47-25-15-16-26-50(47)55(51)41-23-13-6-14-24-41/h4-34,36-37H,1,35H2,2-3H3/b17-7-,18-8-. The number of hydrogen-bond acceptors (Lipinski definition) is 2. The molecule has 0 amide bonds. The minimum absolute atomic E-state index is 0.106. The summed E-state index contributed by atoms with van der Waals surface area (Å²) in [6, 6.07) is 63.3. The molecule has 0 unspecified atom stereocenters. The lowest BCUT2D eigenvalue weighted by atomic mass is 9.77. The zero-order chi connectivity index (χ0) is 37.4. The molecule has 7 aromatic carbocycles. The van der Waals surface area contributed by atoms with E-state index in [4.69, 9.17) is 0 Å². The van der Waals surface area contributed by atoms with Gasteiger partial charge in [0.05, 0.1) is 11.0 Å². The van der Waals surface area contributed by atoms with Gasteiger partial charge in [0, 0.05) is 50.6 Å². The molecule has 9 rings (SSSR count). The Morgan fingerprint density at radius 3 is 1.67 bits per heavy atom. The van der Waals surface area contributed by atoms with Crippen molar-refractivity contribution in [2.24, 2.45) is 0 Å². The van der Waals surface area contributed by atoms with Crippen LogP contribution < -0.4 is 9.80 Å². The highest BCUT2D eigenvalue weighted by molar-refractivity contribution is 6.10. The maximum absolute atomic E-state index is 4.48. The number of benzene rings is 7. The van der Waals surface area contributed by atoms with Crippen molar-refractivity contribution in [2.45, 2.75) is 25.7 Å². The quantitative estimate of drug-likeness (QED) is 0.163. The number of aromatic nitrogens is 1. The van der Waals surface area contributed by atoms with E-state index in [-0.39, 0.29) is 5.41 Å². The van der Waals surface area contributed by atoms with E-state index in [0.29, 0.717) is 0 Å². The van der Waals surface area contributed by atoms with Crippen LogP contribution in [-0.4, -0.2) is 4.57 Å². The Hall–Kier alpha value is -6.84. The maximum Gasteiger partial charge on any atom is 0.0542 e. The van der Waals surface area contributed by atoms with Crippen molar-refractivity contribution >= 4 is 61.5 Å². The minimum atomic E-state index is -0.106. The van der Waals surface area contributed by atoms with Crippen LogP contribution in [0.4, 0.5) is 34.1 Å². The van der Waals surface area contributed by atoms with Gasteiger partial charge >= 0.3 is 0 Å². The van der Waals surface area contributed by atoms with Crippen molar-refractivity contribution < 1.29 is 0 Å². The number of nitrogens with zero attached hydrogens (tertiary/aromatic N) is 3. The summed E-state index contributed by atoms with van der Waals surface area (Å²) in [7, 11) is 0. The van der Waals surface area contributed by atoms with Crippen molar-refractivity contribution in [1.82, 2.24) is 4.57 Å². The molecule has 8 aromatic rings. The molecule has 1 aromatic heterocycles. The van der Waals surface area contributed by atoms with Gasteiger partial charge in [-0.1, -0.05) is 124 Å². The van der Waals surface area contributed by atoms with Gasteiger partial charge in [-0.05, 0) is 126 Å². The molecule has 3 nitrogen and oxygen atoms in total. The van der Waals surface area contributed by atoms with Gasteiger partial charge in [-0.15, -0.1) is 0 Å². The van der Waals surface area contributed by atoms with Gasteiger partial charge in [0.25, 0.3) is 0 Å². The van der Waals surface area contributed by atoms with Crippen LogP contribution >= 0.6 is 0 Å². The molecule has 3 heteroatoms. The normalized spacial score (nSPS) is 14.8. The van der Waals surface area contributed by atoms with E-state index in [1.54, 1.807) is 0 Å². The molecule has 55 heavy (non-hydrogen) atoms. The number of anilines is 6. The number of para-hydroxylation sites is 4. The maximum atomic E-state index is 4.48. The van der Waals surface area contributed by atoms with E-state index in [1.165, 1.54) is 32.9 Å². The molecule has 0 radical (unpaired) electrons. The van der Waals surface area contributed by atoms with Crippen molar-refractivity contribution in [2.75, 3.05) is 9.80 Å². The molecular formula is C52H43N3. The first kappa shape index (κ1) is 34.0. The molecule has 1 aliphatic rings. The van der Waals surface area contributed by atoms with Gasteiger partial charge in [0.15, 0.2) is 0 Å². The third-order valence-electron chi connectivity index (χ3n) is 10.8. The Morgan fingerprint density at radius 2 is 1.00 bits per heavy atom. The molecule has 0 fully saturated rings. The lowest BCUT2D eigenvalue weighted by Crippen LogP contribution is -2.19. The third kappa shape index (κ3) is 6.34. The van der Waals surface area contributed by atoms with Crippen molar-refractivity contribution in [3.63, 3.8) is 0 Å². The SMILES string of the molecule is C=C1/C=C\C=C/CC(C)(C)c2cc(N(c3ccc(N(c4ccccc4)c4ccccc4)cc3)c3ccc4c(c3)c3ccccc3n4-c3ccccc3)ccc21. The average molecular weight is 710 g/mol. The van der Waals surface area contributed by atoms with E-state index < -0.39 is 0 Å². The summed E-state index contributed by atoms with van der Waals surface area (Å²) in [6.45, 7) is 9.15. The lowest BCUT2D eigenvalue weighted by Gasteiger charge is -2.31. The zero-order valence-electron chi connectivity index (χ0n) is 31.3. The van der Waals surface area contributed by atoms with Gasteiger partial charge < -0.3 is 14.4 Å². The van der Waals surface area contributed by atoms with Gasteiger partial charge in [-0.25, -0.2) is 0 Å². The summed E-state index contributed by atoms with van der Waals surface area (Å²) in [5, 5.41) is 2.44.